The molecule has 0 aliphatic carbocycles. The van der Waals surface area contributed by atoms with Crippen LogP contribution >= 0.6 is 0 Å². The van der Waals surface area contributed by atoms with Gasteiger partial charge in [-0.05, 0) is 43.2 Å². The van der Waals surface area contributed by atoms with Gasteiger partial charge in [-0.2, -0.15) is 5.26 Å². The van der Waals surface area contributed by atoms with Crippen LogP contribution in [0.3, 0.4) is 0 Å². The maximum Gasteiger partial charge on any atom is 0.270 e. The van der Waals surface area contributed by atoms with Gasteiger partial charge in [-0.1, -0.05) is 18.2 Å². The highest BCUT2D eigenvalue weighted by atomic mass is 19.1. The number of pyridine rings is 1. The smallest absolute Gasteiger partial charge is 0.270 e. The molecule has 30 heavy (non-hydrogen) atoms. The van der Waals surface area contributed by atoms with Gasteiger partial charge in [0.2, 0.25) is 0 Å². The van der Waals surface area contributed by atoms with Crippen LogP contribution in [-0.2, 0) is 7.05 Å². The van der Waals surface area contributed by atoms with Gasteiger partial charge in [0, 0.05) is 49.7 Å². The number of para-hydroxylation sites is 1. The molecule has 5 rings (SSSR count). The van der Waals surface area contributed by atoms with E-state index in [0.29, 0.717) is 0 Å². The number of nitriles is 1. The summed E-state index contributed by atoms with van der Waals surface area (Å²) < 4.78 is 14.9. The molecule has 1 spiro atoms. The van der Waals surface area contributed by atoms with E-state index in [9.17, 15) is 14.4 Å². The summed E-state index contributed by atoms with van der Waals surface area (Å²) in [6.07, 6.45) is 2.06. The van der Waals surface area contributed by atoms with E-state index in [0.717, 1.165) is 61.3 Å². The molecule has 1 atom stereocenters. The molecule has 6 heteroatoms. The van der Waals surface area contributed by atoms with Gasteiger partial charge >= 0.3 is 0 Å². The highest BCUT2D eigenvalue weighted by Gasteiger charge is 2.44. The Morgan fingerprint density at radius 3 is 2.40 bits per heavy atom. The van der Waals surface area contributed by atoms with Crippen molar-refractivity contribution in [2.24, 2.45) is 12.5 Å². The molecular weight excluding hydrogens is 379 g/mol. The lowest BCUT2D eigenvalue weighted by atomic mass is 9.86. The Hall–Kier alpha value is -3.33. The third kappa shape index (κ3) is 2.85. The van der Waals surface area contributed by atoms with Crippen molar-refractivity contribution >= 4 is 22.3 Å². The first-order valence-electron chi connectivity index (χ1n) is 10.3. The number of rotatable bonds is 2. The number of nitrogens with zero attached hydrogens (tertiary/aromatic N) is 4. The fourth-order valence-electron chi connectivity index (χ4n) is 5.18. The van der Waals surface area contributed by atoms with E-state index in [4.69, 9.17) is 0 Å². The molecule has 2 saturated heterocycles. The second-order valence-electron chi connectivity index (χ2n) is 8.54. The summed E-state index contributed by atoms with van der Waals surface area (Å²) in [5.41, 5.74) is 2.75. The Kier molecular flexibility index (Phi) is 4.28. The van der Waals surface area contributed by atoms with Gasteiger partial charge in [0.05, 0.1) is 11.2 Å². The first-order valence-corrected chi connectivity index (χ1v) is 10.3. The zero-order valence-electron chi connectivity index (χ0n) is 16.9. The normalized spacial score (nSPS) is 21.0. The lowest BCUT2D eigenvalue weighted by molar-refractivity contribution is 0.374. The van der Waals surface area contributed by atoms with Crippen molar-refractivity contribution in [1.82, 2.24) is 4.57 Å². The Morgan fingerprint density at radius 1 is 1.00 bits per heavy atom. The van der Waals surface area contributed by atoms with E-state index in [-0.39, 0.29) is 22.4 Å². The molecule has 2 aromatic carbocycles. The van der Waals surface area contributed by atoms with Gasteiger partial charge in [0.25, 0.3) is 5.56 Å². The second kappa shape index (κ2) is 6.88. The molecule has 152 valence electrons. The Labute approximate surface area is 174 Å². The van der Waals surface area contributed by atoms with Crippen molar-refractivity contribution in [3.8, 4) is 6.07 Å². The summed E-state index contributed by atoms with van der Waals surface area (Å²) in [7, 11) is 1.72. The lowest BCUT2D eigenvalue weighted by Gasteiger charge is -2.27. The van der Waals surface area contributed by atoms with Crippen LogP contribution in [0.25, 0.3) is 10.9 Å². The summed E-state index contributed by atoms with van der Waals surface area (Å²) in [5.74, 6) is -0.221. The largest absolute Gasteiger partial charge is 0.371 e. The van der Waals surface area contributed by atoms with Crippen molar-refractivity contribution in [1.29, 1.82) is 5.26 Å². The summed E-state index contributed by atoms with van der Waals surface area (Å²) in [5, 5.41) is 10.7. The van der Waals surface area contributed by atoms with E-state index < -0.39 is 0 Å². The maximum atomic E-state index is 13.3. The van der Waals surface area contributed by atoms with Crippen LogP contribution in [0.4, 0.5) is 15.8 Å². The molecule has 2 fully saturated rings. The highest BCUT2D eigenvalue weighted by Crippen LogP contribution is 2.44. The molecule has 1 unspecified atom stereocenters. The van der Waals surface area contributed by atoms with Crippen LogP contribution < -0.4 is 15.4 Å². The molecule has 2 aliphatic rings. The first kappa shape index (κ1) is 18.7. The second-order valence-corrected chi connectivity index (χ2v) is 8.54. The third-order valence-corrected chi connectivity index (χ3v) is 6.77. The van der Waals surface area contributed by atoms with Crippen molar-refractivity contribution in [2.45, 2.75) is 12.8 Å². The van der Waals surface area contributed by atoms with Crippen molar-refractivity contribution < 1.29 is 4.39 Å². The number of anilines is 2. The molecule has 0 radical (unpaired) electrons. The van der Waals surface area contributed by atoms with Crippen LogP contribution in [0.2, 0.25) is 0 Å². The number of hydrogen-bond acceptors (Lipinski definition) is 4. The van der Waals surface area contributed by atoms with E-state index in [1.165, 1.54) is 12.1 Å². The first-order chi connectivity index (χ1) is 14.5. The number of aromatic nitrogens is 1. The van der Waals surface area contributed by atoms with Gasteiger partial charge in [-0.25, -0.2) is 4.39 Å². The quantitative estimate of drug-likeness (QED) is 0.657. The van der Waals surface area contributed by atoms with Crippen LogP contribution in [0.15, 0.2) is 53.3 Å². The molecule has 0 bridgehead atoms. The molecule has 0 amide bonds. The molecule has 2 aliphatic heterocycles. The van der Waals surface area contributed by atoms with Gasteiger partial charge in [-0.3, -0.25) is 4.79 Å². The third-order valence-electron chi connectivity index (χ3n) is 6.77. The number of halogens is 1. The number of fused-ring (bicyclic) bond motifs is 1. The predicted molar refractivity (Wildman–Crippen MR) is 116 cm³/mol. The van der Waals surface area contributed by atoms with E-state index in [1.807, 2.05) is 36.4 Å². The van der Waals surface area contributed by atoms with Crippen LogP contribution in [0.5, 0.6) is 0 Å². The Morgan fingerprint density at radius 2 is 1.67 bits per heavy atom. The standard InChI is InChI=1S/C24H23FN4O/c1-27-21-5-3-2-4-19(21)22(20(14-26)23(27)30)29-13-11-24(16-29)10-12-28(15-24)18-8-6-17(25)7-9-18/h2-9H,10-13,15-16H2,1H3. The molecule has 3 heterocycles. The minimum absolute atomic E-state index is 0.114. The summed E-state index contributed by atoms with van der Waals surface area (Å²) in [6.45, 7) is 3.47. The molecule has 3 aromatic rings. The van der Waals surface area contributed by atoms with Crippen molar-refractivity contribution in [3.63, 3.8) is 0 Å². The van der Waals surface area contributed by atoms with Crippen LogP contribution in [0.1, 0.15) is 18.4 Å². The fraction of sp³-hybridized carbons (Fsp3) is 0.333. The van der Waals surface area contributed by atoms with Crippen molar-refractivity contribution in [3.05, 3.63) is 70.3 Å². The maximum absolute atomic E-state index is 13.3. The Balaban J connectivity index is 1.49. The number of aryl methyl sites for hydroxylation is 1. The minimum atomic E-state index is -0.244. The number of hydrogen-bond donors (Lipinski definition) is 0. The van der Waals surface area contributed by atoms with Gasteiger partial charge in [0.15, 0.2) is 0 Å². The van der Waals surface area contributed by atoms with Gasteiger partial charge in [0.1, 0.15) is 17.4 Å². The zero-order chi connectivity index (χ0) is 20.9. The number of benzene rings is 2. The highest BCUT2D eigenvalue weighted by molar-refractivity contribution is 5.95. The molecule has 0 N–H and O–H groups in total. The lowest BCUT2D eigenvalue weighted by Crippen LogP contribution is -2.32. The summed E-state index contributed by atoms with van der Waals surface area (Å²) in [6, 6.07) is 16.7. The SMILES string of the molecule is Cn1c(=O)c(C#N)c(N2CCC3(CCN(c4ccc(F)cc4)C3)C2)c2ccccc21. The van der Waals surface area contributed by atoms with Gasteiger partial charge < -0.3 is 14.4 Å². The monoisotopic (exact) mass is 402 g/mol. The van der Waals surface area contributed by atoms with Crippen molar-refractivity contribution in [2.75, 3.05) is 36.0 Å². The van der Waals surface area contributed by atoms with E-state index >= 15 is 0 Å². The fourth-order valence-corrected chi connectivity index (χ4v) is 5.18. The Bertz CT molecular complexity index is 1230. The zero-order valence-corrected chi connectivity index (χ0v) is 16.9. The van der Waals surface area contributed by atoms with E-state index in [2.05, 4.69) is 15.9 Å². The average molecular weight is 402 g/mol. The predicted octanol–water partition coefficient (Wildman–Crippen LogP) is 3.66. The average Bonchev–Trinajstić information content (AvgIpc) is 3.38. The van der Waals surface area contributed by atoms with Gasteiger partial charge in [-0.15, -0.1) is 0 Å². The van der Waals surface area contributed by atoms with E-state index in [1.54, 1.807) is 11.6 Å². The molecule has 5 nitrogen and oxygen atoms in total. The molecular formula is C24H23FN4O. The molecule has 0 saturated carbocycles. The van der Waals surface area contributed by atoms with Crippen LogP contribution in [0, 0.1) is 22.6 Å². The summed E-state index contributed by atoms with van der Waals surface area (Å²) >= 11 is 0. The molecule has 1 aromatic heterocycles. The van der Waals surface area contributed by atoms with Crippen LogP contribution in [-0.4, -0.2) is 30.7 Å². The summed E-state index contributed by atoms with van der Waals surface area (Å²) in [4.78, 5) is 17.4. The topological polar surface area (TPSA) is 52.3 Å². The minimum Gasteiger partial charge on any atom is -0.371 e.